The van der Waals surface area contributed by atoms with E-state index in [1.54, 1.807) is 26.8 Å². The molecule has 0 spiro atoms. The van der Waals surface area contributed by atoms with E-state index in [9.17, 15) is 18.3 Å². The van der Waals surface area contributed by atoms with Crippen molar-refractivity contribution in [1.29, 1.82) is 0 Å². The zero-order chi connectivity index (χ0) is 26.8. The Kier molecular flexibility index (Phi) is 12.8. The Labute approximate surface area is 217 Å². The number of hydrogen-bond donors (Lipinski definition) is 1. The van der Waals surface area contributed by atoms with Crippen LogP contribution in [-0.4, -0.2) is 59.9 Å². The van der Waals surface area contributed by atoms with Gasteiger partial charge in [-0.2, -0.15) is 0 Å². The van der Waals surface area contributed by atoms with Crippen molar-refractivity contribution in [2.45, 2.75) is 79.4 Å². The molecule has 2 aliphatic rings. The van der Waals surface area contributed by atoms with Gasteiger partial charge in [-0.05, 0) is 57.8 Å². The molecular formula is C27H44N2O4S2. The number of likely N-dealkylation sites (tertiary alicyclic amines) is 1. The molecule has 6 nitrogen and oxygen atoms in total. The fraction of sp³-hybridized carbons (Fsp3) is 0.593. The molecular weight excluding hydrogens is 480 g/mol. The van der Waals surface area contributed by atoms with Crippen LogP contribution in [0.25, 0.3) is 0 Å². The van der Waals surface area contributed by atoms with Gasteiger partial charge in [0.2, 0.25) is 0 Å². The summed E-state index contributed by atoms with van der Waals surface area (Å²) in [6.45, 7) is 19.5. The zero-order valence-electron chi connectivity index (χ0n) is 22.5. The molecule has 35 heavy (non-hydrogen) atoms. The first-order chi connectivity index (χ1) is 16.4. The molecule has 2 aliphatic heterocycles. The fourth-order valence-electron chi connectivity index (χ4n) is 4.26. The van der Waals surface area contributed by atoms with Crippen molar-refractivity contribution in [3.8, 4) is 0 Å². The predicted molar refractivity (Wildman–Crippen MR) is 149 cm³/mol. The minimum atomic E-state index is -3.84. The van der Waals surface area contributed by atoms with Gasteiger partial charge in [0, 0.05) is 36.7 Å². The summed E-state index contributed by atoms with van der Waals surface area (Å²) >= 11 is 1.30. The molecule has 1 saturated heterocycles. The number of piperidine rings is 1. The summed E-state index contributed by atoms with van der Waals surface area (Å²) in [5.41, 5.74) is -0.664. The molecule has 1 atom stereocenters. The quantitative estimate of drug-likeness (QED) is 0.374. The van der Waals surface area contributed by atoms with Crippen LogP contribution < -0.4 is 0 Å². The number of sulfonamides is 1. The van der Waals surface area contributed by atoms with Crippen LogP contribution in [0.4, 0.5) is 0 Å². The maximum absolute atomic E-state index is 12.9. The Morgan fingerprint density at radius 1 is 1.20 bits per heavy atom. The molecule has 0 saturated carbocycles. The summed E-state index contributed by atoms with van der Waals surface area (Å²) in [5.74, 6) is -0.203. The van der Waals surface area contributed by atoms with Gasteiger partial charge in [-0.3, -0.25) is 9.69 Å². The van der Waals surface area contributed by atoms with E-state index in [-0.39, 0.29) is 4.91 Å². The second kappa shape index (κ2) is 14.2. The van der Waals surface area contributed by atoms with Gasteiger partial charge in [0.15, 0.2) is 0 Å². The minimum absolute atomic E-state index is 0.0443. The Balaban J connectivity index is 0.00000298. The van der Waals surface area contributed by atoms with Crippen molar-refractivity contribution < 1.29 is 18.3 Å². The number of aliphatic hydroxyl groups is 1. The third-order valence-electron chi connectivity index (χ3n) is 5.87. The summed E-state index contributed by atoms with van der Waals surface area (Å²) in [7, 11) is -3.84. The third-order valence-corrected chi connectivity index (χ3v) is 9.10. The first kappa shape index (κ1) is 31.4. The topological polar surface area (TPSA) is 77.9 Å². The number of nitrogens with zero attached hydrogens (tertiary/aromatic N) is 2. The van der Waals surface area contributed by atoms with Crippen LogP contribution in [0.3, 0.4) is 0 Å². The molecule has 0 bridgehead atoms. The van der Waals surface area contributed by atoms with Gasteiger partial charge in [0.05, 0.1) is 5.60 Å². The molecule has 0 aromatic heterocycles. The van der Waals surface area contributed by atoms with Gasteiger partial charge in [-0.25, -0.2) is 12.7 Å². The van der Waals surface area contributed by atoms with Crippen LogP contribution in [0.1, 0.15) is 67.7 Å². The van der Waals surface area contributed by atoms with Gasteiger partial charge >= 0.3 is 0 Å². The highest BCUT2D eigenvalue weighted by Gasteiger charge is 2.41. The van der Waals surface area contributed by atoms with E-state index in [0.717, 1.165) is 28.7 Å². The number of carbonyl (C=O) groups is 1. The first-order valence-corrected chi connectivity index (χ1v) is 14.8. The van der Waals surface area contributed by atoms with Crippen molar-refractivity contribution >= 4 is 27.7 Å². The van der Waals surface area contributed by atoms with Crippen molar-refractivity contribution in [3.63, 3.8) is 0 Å². The van der Waals surface area contributed by atoms with E-state index in [1.165, 1.54) is 17.8 Å². The number of thioether (sulfide) groups is 1. The van der Waals surface area contributed by atoms with Crippen LogP contribution >= 0.6 is 11.8 Å². The number of allylic oxidation sites excluding steroid dienone is 5. The minimum Gasteiger partial charge on any atom is -0.390 e. The summed E-state index contributed by atoms with van der Waals surface area (Å²) in [4.78, 5) is 15.9. The summed E-state index contributed by atoms with van der Waals surface area (Å²) < 4.78 is 26.7. The van der Waals surface area contributed by atoms with Crippen molar-refractivity contribution in [2.75, 3.05) is 19.6 Å². The lowest BCUT2D eigenvalue weighted by Gasteiger charge is -2.39. The SMILES string of the molecule is C=C(CN1CCC(O)(CC(C)/C=C\C=C/C)CC1)S/C(=C\C)C1=CC(=O)N(C(C)C)S1(=O)=O.CC. The summed E-state index contributed by atoms with van der Waals surface area (Å²) in [6.07, 6.45) is 13.2. The van der Waals surface area contributed by atoms with Crippen LogP contribution in [0.5, 0.6) is 0 Å². The van der Waals surface area contributed by atoms with Gasteiger partial charge < -0.3 is 5.11 Å². The molecule has 1 fully saturated rings. The Hall–Kier alpha value is -1.61. The van der Waals surface area contributed by atoms with Gasteiger partial charge in [0.25, 0.3) is 15.9 Å². The van der Waals surface area contributed by atoms with Crippen LogP contribution in [-0.2, 0) is 14.8 Å². The van der Waals surface area contributed by atoms with E-state index in [4.69, 9.17) is 0 Å². The average Bonchev–Trinajstić information content (AvgIpc) is 3.03. The van der Waals surface area contributed by atoms with E-state index in [2.05, 4.69) is 24.5 Å². The monoisotopic (exact) mass is 524 g/mol. The third kappa shape index (κ3) is 8.77. The van der Waals surface area contributed by atoms with E-state index >= 15 is 0 Å². The summed E-state index contributed by atoms with van der Waals surface area (Å²) in [6, 6.07) is -0.434. The molecule has 8 heteroatoms. The second-order valence-electron chi connectivity index (χ2n) is 9.13. The standard InChI is InChI=1S/C25H38N2O4S2.C2H6/c1-7-9-10-11-20(5)17-25(29)12-14-26(15-13-25)18-21(6)32-22(8-2)23-16-24(28)27(19(3)4)33(23,30)31;1-2/h7-11,16,19-20,29H,6,12-15,17-18H2,1-5H3;1-2H3/b9-7-,11-10-,22-8-;. The van der Waals surface area contributed by atoms with Crippen molar-refractivity contribution in [1.82, 2.24) is 9.21 Å². The highest BCUT2D eigenvalue weighted by Crippen LogP contribution is 2.39. The normalized spacial score (nSPS) is 21.4. The van der Waals surface area contributed by atoms with Gasteiger partial charge in [-0.1, -0.05) is 69.5 Å². The molecule has 0 aromatic carbocycles. The maximum Gasteiger partial charge on any atom is 0.268 e. The second-order valence-corrected chi connectivity index (χ2v) is 12.1. The molecule has 0 aliphatic carbocycles. The molecule has 2 rings (SSSR count). The molecule has 198 valence electrons. The Bertz CT molecular complexity index is 954. The number of hydrogen-bond acceptors (Lipinski definition) is 6. The highest BCUT2D eigenvalue weighted by molar-refractivity contribution is 8.08. The highest BCUT2D eigenvalue weighted by atomic mass is 32.2. The predicted octanol–water partition coefficient (Wildman–Crippen LogP) is 5.61. The van der Waals surface area contributed by atoms with Crippen molar-refractivity contribution in [3.05, 3.63) is 57.8 Å². The Morgan fingerprint density at radius 3 is 2.29 bits per heavy atom. The van der Waals surface area contributed by atoms with Crippen LogP contribution in [0.15, 0.2) is 57.8 Å². The largest absolute Gasteiger partial charge is 0.390 e. The van der Waals surface area contributed by atoms with Crippen molar-refractivity contribution in [2.24, 2.45) is 5.92 Å². The lowest BCUT2D eigenvalue weighted by Crippen LogP contribution is -2.45. The fourth-order valence-corrected chi connectivity index (χ4v) is 7.21. The van der Waals surface area contributed by atoms with Crippen LogP contribution in [0.2, 0.25) is 0 Å². The van der Waals surface area contributed by atoms with Gasteiger partial charge in [-0.15, -0.1) is 0 Å². The zero-order valence-corrected chi connectivity index (χ0v) is 24.1. The van der Waals surface area contributed by atoms with E-state index in [0.29, 0.717) is 30.2 Å². The maximum atomic E-state index is 12.9. The van der Waals surface area contributed by atoms with E-state index < -0.39 is 27.6 Å². The summed E-state index contributed by atoms with van der Waals surface area (Å²) in [5, 5.41) is 11.0. The lowest BCUT2D eigenvalue weighted by atomic mass is 9.83. The first-order valence-electron chi connectivity index (χ1n) is 12.5. The molecule has 2 heterocycles. The molecule has 1 amide bonds. The molecule has 0 aromatic rings. The number of rotatable bonds is 10. The van der Waals surface area contributed by atoms with Crippen LogP contribution in [0, 0.1) is 5.92 Å². The smallest absolute Gasteiger partial charge is 0.268 e. The molecule has 0 radical (unpaired) electrons. The number of carbonyl (C=O) groups excluding carboxylic acids is 1. The lowest BCUT2D eigenvalue weighted by molar-refractivity contribution is -0.122. The number of amides is 1. The average molecular weight is 525 g/mol. The molecule has 1 unspecified atom stereocenters. The molecule has 1 N–H and O–H groups in total. The van der Waals surface area contributed by atoms with Gasteiger partial charge in [0.1, 0.15) is 4.91 Å². The Morgan fingerprint density at radius 2 is 1.80 bits per heavy atom. The van der Waals surface area contributed by atoms with E-state index in [1.807, 2.05) is 39.0 Å².